The summed E-state index contributed by atoms with van der Waals surface area (Å²) in [7, 11) is 0. The molecule has 0 bridgehead atoms. The number of rotatable bonds is 7. The lowest BCUT2D eigenvalue weighted by Crippen LogP contribution is -2.38. The van der Waals surface area contributed by atoms with E-state index in [4.69, 9.17) is 0 Å². The second-order valence-corrected chi connectivity index (χ2v) is 5.50. The maximum Gasteiger partial charge on any atom is 0.191 e. The second-order valence-electron chi connectivity index (χ2n) is 5.50. The van der Waals surface area contributed by atoms with Crippen molar-refractivity contribution >= 4 is 5.96 Å². The molecule has 0 aliphatic rings. The summed E-state index contributed by atoms with van der Waals surface area (Å²) in [5.41, 5.74) is 3.73. The van der Waals surface area contributed by atoms with Gasteiger partial charge < -0.3 is 10.6 Å². The van der Waals surface area contributed by atoms with E-state index < -0.39 is 0 Å². The molecule has 4 heteroatoms. The molecule has 0 atom stereocenters. The Morgan fingerprint density at radius 2 is 2.00 bits per heavy atom. The van der Waals surface area contributed by atoms with Crippen molar-refractivity contribution in [3.8, 4) is 0 Å². The maximum absolute atomic E-state index is 4.61. The van der Waals surface area contributed by atoms with Gasteiger partial charge in [-0.05, 0) is 38.0 Å². The summed E-state index contributed by atoms with van der Waals surface area (Å²) in [4.78, 5) is 8.93. The first kappa shape index (κ1) is 17.0. The summed E-state index contributed by atoms with van der Waals surface area (Å²) in [5.74, 6) is 0.871. The SMILES string of the molecule is CCNC(=NCCc1ccccn1)NCCc1cccc(C)c1. The molecule has 2 N–H and O–H groups in total. The van der Waals surface area contributed by atoms with Crippen molar-refractivity contribution in [1.29, 1.82) is 0 Å². The Labute approximate surface area is 139 Å². The monoisotopic (exact) mass is 310 g/mol. The van der Waals surface area contributed by atoms with E-state index >= 15 is 0 Å². The number of aliphatic imine (C=N–C) groups is 1. The molecule has 1 heterocycles. The number of hydrogen-bond donors (Lipinski definition) is 2. The molecule has 0 unspecified atom stereocenters. The van der Waals surface area contributed by atoms with Crippen molar-refractivity contribution in [3.63, 3.8) is 0 Å². The molecule has 4 nitrogen and oxygen atoms in total. The van der Waals surface area contributed by atoms with E-state index in [-0.39, 0.29) is 0 Å². The first-order valence-corrected chi connectivity index (χ1v) is 8.25. The number of pyridine rings is 1. The van der Waals surface area contributed by atoms with Gasteiger partial charge in [0.15, 0.2) is 5.96 Å². The maximum atomic E-state index is 4.61. The number of nitrogens with zero attached hydrogens (tertiary/aromatic N) is 2. The van der Waals surface area contributed by atoms with Gasteiger partial charge in [0.05, 0.1) is 0 Å². The molecule has 0 spiro atoms. The highest BCUT2D eigenvalue weighted by molar-refractivity contribution is 5.79. The van der Waals surface area contributed by atoms with Gasteiger partial charge in [-0.25, -0.2) is 0 Å². The lowest BCUT2D eigenvalue weighted by molar-refractivity contribution is 0.794. The van der Waals surface area contributed by atoms with Gasteiger partial charge in [-0.3, -0.25) is 9.98 Å². The van der Waals surface area contributed by atoms with Crippen LogP contribution in [0.1, 0.15) is 23.7 Å². The molecule has 122 valence electrons. The first-order valence-electron chi connectivity index (χ1n) is 8.25. The molecular weight excluding hydrogens is 284 g/mol. The average Bonchev–Trinajstić information content (AvgIpc) is 2.56. The summed E-state index contributed by atoms with van der Waals surface area (Å²) < 4.78 is 0. The van der Waals surface area contributed by atoms with Gasteiger partial charge in [-0.2, -0.15) is 0 Å². The van der Waals surface area contributed by atoms with Gasteiger partial charge in [0, 0.05) is 37.9 Å². The smallest absolute Gasteiger partial charge is 0.191 e. The third-order valence-electron chi connectivity index (χ3n) is 3.50. The number of aromatic nitrogens is 1. The molecule has 0 radical (unpaired) electrons. The molecule has 23 heavy (non-hydrogen) atoms. The molecule has 0 saturated carbocycles. The Balaban J connectivity index is 1.79. The Morgan fingerprint density at radius 1 is 1.09 bits per heavy atom. The Hall–Kier alpha value is -2.36. The molecule has 0 aliphatic heterocycles. The van der Waals surface area contributed by atoms with Crippen LogP contribution in [-0.4, -0.2) is 30.6 Å². The molecule has 0 amide bonds. The van der Waals surface area contributed by atoms with Gasteiger partial charge in [0.1, 0.15) is 0 Å². The van der Waals surface area contributed by atoms with Crippen molar-refractivity contribution in [3.05, 3.63) is 65.5 Å². The zero-order chi connectivity index (χ0) is 16.3. The molecule has 0 fully saturated rings. The minimum atomic E-state index is 0.733. The largest absolute Gasteiger partial charge is 0.357 e. The molecule has 1 aromatic heterocycles. The summed E-state index contributed by atoms with van der Waals surface area (Å²) in [6.45, 7) is 6.67. The van der Waals surface area contributed by atoms with Crippen LogP contribution in [0.5, 0.6) is 0 Å². The van der Waals surface area contributed by atoms with Crippen LogP contribution in [0.25, 0.3) is 0 Å². The highest BCUT2D eigenvalue weighted by Crippen LogP contribution is 2.03. The fourth-order valence-corrected chi connectivity index (χ4v) is 2.36. The van der Waals surface area contributed by atoms with Crippen molar-refractivity contribution in [2.24, 2.45) is 4.99 Å². The Bertz CT molecular complexity index is 608. The molecule has 2 aromatic rings. The fourth-order valence-electron chi connectivity index (χ4n) is 2.36. The summed E-state index contributed by atoms with van der Waals surface area (Å²) >= 11 is 0. The fraction of sp³-hybridized carbons (Fsp3) is 0.368. The van der Waals surface area contributed by atoms with E-state index in [0.29, 0.717) is 0 Å². The third kappa shape index (κ3) is 6.51. The predicted molar refractivity (Wildman–Crippen MR) is 96.8 cm³/mol. The highest BCUT2D eigenvalue weighted by Gasteiger charge is 1.99. The third-order valence-corrected chi connectivity index (χ3v) is 3.50. The van der Waals surface area contributed by atoms with E-state index in [1.807, 2.05) is 24.4 Å². The lowest BCUT2D eigenvalue weighted by Gasteiger charge is -2.11. The van der Waals surface area contributed by atoms with E-state index in [1.54, 1.807) is 0 Å². The van der Waals surface area contributed by atoms with Gasteiger partial charge in [-0.1, -0.05) is 35.9 Å². The van der Waals surface area contributed by atoms with Gasteiger partial charge in [-0.15, -0.1) is 0 Å². The quantitative estimate of drug-likeness (QED) is 0.611. The van der Waals surface area contributed by atoms with Crippen molar-refractivity contribution in [2.45, 2.75) is 26.7 Å². The van der Waals surface area contributed by atoms with E-state index in [1.165, 1.54) is 11.1 Å². The number of aryl methyl sites for hydroxylation is 1. The average molecular weight is 310 g/mol. The van der Waals surface area contributed by atoms with Gasteiger partial charge in [0.25, 0.3) is 0 Å². The van der Waals surface area contributed by atoms with Gasteiger partial charge in [0.2, 0.25) is 0 Å². The standard InChI is InChI=1S/C19H26N4/c1-3-20-19(23-14-11-18-9-4-5-12-21-18)22-13-10-17-8-6-7-16(2)15-17/h4-9,12,15H,3,10-11,13-14H2,1-2H3,(H2,20,22,23). The summed E-state index contributed by atoms with van der Waals surface area (Å²) in [5, 5.41) is 6.68. The Kier molecular flexibility index (Phi) is 7.11. The minimum absolute atomic E-state index is 0.733. The minimum Gasteiger partial charge on any atom is -0.357 e. The van der Waals surface area contributed by atoms with E-state index in [9.17, 15) is 0 Å². The van der Waals surface area contributed by atoms with Crippen LogP contribution in [0.2, 0.25) is 0 Å². The van der Waals surface area contributed by atoms with Crippen LogP contribution in [0.3, 0.4) is 0 Å². The van der Waals surface area contributed by atoms with Crippen LogP contribution in [0.15, 0.2) is 53.7 Å². The molecule has 1 aromatic carbocycles. The summed E-state index contributed by atoms with van der Waals surface area (Å²) in [6.07, 6.45) is 3.67. The number of benzene rings is 1. The Morgan fingerprint density at radius 3 is 2.74 bits per heavy atom. The highest BCUT2D eigenvalue weighted by atomic mass is 15.2. The van der Waals surface area contributed by atoms with Crippen molar-refractivity contribution in [2.75, 3.05) is 19.6 Å². The van der Waals surface area contributed by atoms with Crippen LogP contribution >= 0.6 is 0 Å². The summed E-state index contributed by atoms with van der Waals surface area (Å²) in [6, 6.07) is 14.6. The second kappa shape index (κ2) is 9.62. The lowest BCUT2D eigenvalue weighted by atomic mass is 10.1. The molecule has 0 saturated heterocycles. The molecular formula is C19H26N4. The van der Waals surface area contributed by atoms with Crippen molar-refractivity contribution < 1.29 is 0 Å². The van der Waals surface area contributed by atoms with Crippen LogP contribution in [0.4, 0.5) is 0 Å². The normalized spacial score (nSPS) is 11.3. The van der Waals surface area contributed by atoms with Crippen LogP contribution < -0.4 is 10.6 Å². The van der Waals surface area contributed by atoms with E-state index in [0.717, 1.165) is 44.1 Å². The van der Waals surface area contributed by atoms with E-state index in [2.05, 4.69) is 58.7 Å². The van der Waals surface area contributed by atoms with Crippen LogP contribution in [-0.2, 0) is 12.8 Å². The first-order chi connectivity index (χ1) is 11.3. The topological polar surface area (TPSA) is 49.3 Å². The molecule has 0 aliphatic carbocycles. The van der Waals surface area contributed by atoms with Gasteiger partial charge >= 0.3 is 0 Å². The zero-order valence-corrected chi connectivity index (χ0v) is 14.0. The number of guanidine groups is 1. The predicted octanol–water partition coefficient (Wildman–Crippen LogP) is 2.73. The number of nitrogens with one attached hydrogen (secondary N) is 2. The van der Waals surface area contributed by atoms with Crippen molar-refractivity contribution in [1.82, 2.24) is 15.6 Å². The zero-order valence-electron chi connectivity index (χ0n) is 14.0. The van der Waals surface area contributed by atoms with Crippen LogP contribution in [0, 0.1) is 6.92 Å². The number of hydrogen-bond acceptors (Lipinski definition) is 2. The molecule has 2 rings (SSSR count).